The molecule has 0 saturated heterocycles. The maximum absolute atomic E-state index is 12.2. The van der Waals surface area contributed by atoms with Crippen LogP contribution in [-0.2, 0) is 22.4 Å². The molecular formula is C22H26N2O4. The number of nitrogens with one attached hydrogen (secondary N) is 2. The van der Waals surface area contributed by atoms with Crippen LogP contribution in [0.4, 0.5) is 0 Å². The highest BCUT2D eigenvalue weighted by Crippen LogP contribution is 2.26. The summed E-state index contributed by atoms with van der Waals surface area (Å²) in [7, 11) is 0. The molecule has 6 nitrogen and oxygen atoms in total. The van der Waals surface area contributed by atoms with E-state index in [2.05, 4.69) is 10.9 Å². The van der Waals surface area contributed by atoms with Crippen LogP contribution in [0.5, 0.6) is 11.5 Å². The number of amides is 2. The lowest BCUT2D eigenvalue weighted by atomic mass is 10.1. The third kappa shape index (κ3) is 4.82. The van der Waals surface area contributed by atoms with E-state index >= 15 is 0 Å². The van der Waals surface area contributed by atoms with Gasteiger partial charge in [-0.1, -0.05) is 18.2 Å². The monoisotopic (exact) mass is 382 g/mol. The van der Waals surface area contributed by atoms with Crippen LogP contribution in [0.25, 0.3) is 0 Å². The fraction of sp³-hybridized carbons (Fsp3) is 0.364. The summed E-state index contributed by atoms with van der Waals surface area (Å²) in [5.74, 6) is 0.433. The van der Waals surface area contributed by atoms with Gasteiger partial charge in [-0.25, -0.2) is 0 Å². The fourth-order valence-electron chi connectivity index (χ4n) is 3.15. The molecule has 0 aromatic heterocycles. The first kappa shape index (κ1) is 19.7. The second kappa shape index (κ2) is 8.78. The topological polar surface area (TPSA) is 76.7 Å². The Morgan fingerprint density at radius 3 is 2.68 bits per heavy atom. The van der Waals surface area contributed by atoms with Crippen LogP contribution in [0.2, 0.25) is 0 Å². The number of hydrogen-bond acceptors (Lipinski definition) is 4. The van der Waals surface area contributed by atoms with E-state index in [0.29, 0.717) is 11.5 Å². The second-order valence-corrected chi connectivity index (χ2v) is 7.07. The lowest BCUT2D eigenvalue weighted by Crippen LogP contribution is -2.48. The molecule has 0 saturated carbocycles. The van der Waals surface area contributed by atoms with Crippen LogP contribution in [0.1, 0.15) is 35.6 Å². The standard InChI is InChI=1S/C22H26N2O4/c1-14-6-4-9-20(15(14)2)28-16(3)22(26)24-23-21(25)13-27-19-11-10-17-7-5-8-18(17)12-19/h4,6,9-12,16H,5,7-8,13H2,1-3H3,(H,23,25)(H,24,26)/t16-/m1/s1. The van der Waals surface area contributed by atoms with Crippen LogP contribution in [-0.4, -0.2) is 24.5 Å². The lowest BCUT2D eigenvalue weighted by Gasteiger charge is -2.17. The summed E-state index contributed by atoms with van der Waals surface area (Å²) in [4.78, 5) is 24.1. The molecule has 2 N–H and O–H groups in total. The van der Waals surface area contributed by atoms with Crippen molar-refractivity contribution in [2.24, 2.45) is 0 Å². The first-order chi connectivity index (χ1) is 13.4. The Kier molecular flexibility index (Phi) is 6.19. The Morgan fingerprint density at radius 2 is 1.86 bits per heavy atom. The molecule has 0 bridgehead atoms. The molecule has 0 fully saturated rings. The Bertz CT molecular complexity index is 879. The smallest absolute Gasteiger partial charge is 0.279 e. The van der Waals surface area contributed by atoms with Gasteiger partial charge in [0.15, 0.2) is 12.7 Å². The van der Waals surface area contributed by atoms with Crippen LogP contribution >= 0.6 is 0 Å². The zero-order valence-electron chi connectivity index (χ0n) is 16.5. The van der Waals surface area contributed by atoms with Crippen molar-refractivity contribution in [1.29, 1.82) is 0 Å². The van der Waals surface area contributed by atoms with Gasteiger partial charge in [-0.15, -0.1) is 0 Å². The number of carbonyl (C=O) groups excluding carboxylic acids is 2. The molecule has 0 radical (unpaired) electrons. The lowest BCUT2D eigenvalue weighted by molar-refractivity contribution is -0.133. The Hall–Kier alpha value is -3.02. The van der Waals surface area contributed by atoms with Gasteiger partial charge in [0, 0.05) is 0 Å². The summed E-state index contributed by atoms with van der Waals surface area (Å²) >= 11 is 0. The highest BCUT2D eigenvalue weighted by atomic mass is 16.5. The minimum Gasteiger partial charge on any atom is -0.484 e. The summed E-state index contributed by atoms with van der Waals surface area (Å²) in [5.41, 5.74) is 9.42. The molecule has 2 amide bonds. The number of fused-ring (bicyclic) bond motifs is 1. The number of aryl methyl sites for hydroxylation is 3. The Morgan fingerprint density at radius 1 is 1.07 bits per heavy atom. The average molecular weight is 382 g/mol. The maximum atomic E-state index is 12.2. The first-order valence-corrected chi connectivity index (χ1v) is 9.50. The van der Waals surface area contributed by atoms with E-state index < -0.39 is 17.9 Å². The molecule has 3 rings (SSSR count). The molecule has 1 aliphatic rings. The zero-order chi connectivity index (χ0) is 20.1. The van der Waals surface area contributed by atoms with Gasteiger partial charge in [0.05, 0.1) is 0 Å². The van der Waals surface area contributed by atoms with E-state index in [1.54, 1.807) is 6.92 Å². The van der Waals surface area contributed by atoms with E-state index in [1.165, 1.54) is 11.1 Å². The van der Waals surface area contributed by atoms with Crippen LogP contribution in [0.15, 0.2) is 36.4 Å². The van der Waals surface area contributed by atoms with E-state index in [0.717, 1.165) is 30.4 Å². The Labute approximate surface area is 165 Å². The van der Waals surface area contributed by atoms with Crippen molar-refractivity contribution >= 4 is 11.8 Å². The average Bonchev–Trinajstić information content (AvgIpc) is 3.15. The second-order valence-electron chi connectivity index (χ2n) is 7.07. The highest BCUT2D eigenvalue weighted by Gasteiger charge is 2.17. The van der Waals surface area contributed by atoms with Gasteiger partial charge >= 0.3 is 0 Å². The summed E-state index contributed by atoms with van der Waals surface area (Å²) in [6.45, 7) is 5.37. The summed E-state index contributed by atoms with van der Waals surface area (Å²) in [5, 5.41) is 0. The van der Waals surface area contributed by atoms with Gasteiger partial charge in [-0.05, 0) is 80.5 Å². The predicted molar refractivity (Wildman–Crippen MR) is 106 cm³/mol. The van der Waals surface area contributed by atoms with Crippen molar-refractivity contribution in [3.8, 4) is 11.5 Å². The predicted octanol–water partition coefficient (Wildman–Crippen LogP) is 2.79. The molecule has 0 spiro atoms. The zero-order valence-corrected chi connectivity index (χ0v) is 16.5. The number of rotatable bonds is 6. The van der Waals surface area contributed by atoms with Crippen LogP contribution < -0.4 is 20.3 Å². The number of hydrogen-bond donors (Lipinski definition) is 2. The van der Waals surface area contributed by atoms with Crippen LogP contribution in [0.3, 0.4) is 0 Å². The van der Waals surface area contributed by atoms with E-state index in [1.807, 2.05) is 50.2 Å². The molecule has 2 aromatic rings. The van der Waals surface area contributed by atoms with Crippen molar-refractivity contribution in [2.45, 2.75) is 46.1 Å². The highest BCUT2D eigenvalue weighted by molar-refractivity contribution is 5.85. The third-order valence-corrected chi connectivity index (χ3v) is 4.99. The van der Waals surface area contributed by atoms with Gasteiger partial charge in [-0.2, -0.15) is 0 Å². The van der Waals surface area contributed by atoms with E-state index in [-0.39, 0.29) is 6.61 Å². The Balaban J connectivity index is 1.43. The van der Waals surface area contributed by atoms with Crippen molar-refractivity contribution < 1.29 is 19.1 Å². The number of benzene rings is 2. The normalized spacial score (nSPS) is 13.4. The van der Waals surface area contributed by atoms with Crippen molar-refractivity contribution in [3.05, 3.63) is 58.7 Å². The largest absolute Gasteiger partial charge is 0.484 e. The van der Waals surface area contributed by atoms with Gasteiger partial charge in [0.1, 0.15) is 11.5 Å². The fourth-order valence-corrected chi connectivity index (χ4v) is 3.15. The summed E-state index contributed by atoms with van der Waals surface area (Å²) in [6.07, 6.45) is 2.56. The van der Waals surface area contributed by atoms with Gasteiger partial charge in [0.25, 0.3) is 11.8 Å². The van der Waals surface area contributed by atoms with Gasteiger partial charge < -0.3 is 9.47 Å². The molecule has 0 aliphatic heterocycles. The van der Waals surface area contributed by atoms with Crippen molar-refractivity contribution in [3.63, 3.8) is 0 Å². The van der Waals surface area contributed by atoms with E-state index in [4.69, 9.17) is 9.47 Å². The molecule has 0 unspecified atom stereocenters. The number of hydrazine groups is 1. The summed E-state index contributed by atoms with van der Waals surface area (Å²) < 4.78 is 11.2. The maximum Gasteiger partial charge on any atom is 0.279 e. The molecular weight excluding hydrogens is 356 g/mol. The first-order valence-electron chi connectivity index (χ1n) is 9.50. The molecule has 1 aliphatic carbocycles. The van der Waals surface area contributed by atoms with Gasteiger partial charge in [0.2, 0.25) is 0 Å². The number of carbonyl (C=O) groups is 2. The summed E-state index contributed by atoms with van der Waals surface area (Å²) in [6, 6.07) is 11.6. The number of ether oxygens (including phenoxy) is 2. The minimum atomic E-state index is -0.751. The third-order valence-electron chi connectivity index (χ3n) is 4.99. The van der Waals surface area contributed by atoms with Crippen LogP contribution in [0, 0.1) is 13.8 Å². The quantitative estimate of drug-likeness (QED) is 0.754. The van der Waals surface area contributed by atoms with Crippen molar-refractivity contribution in [1.82, 2.24) is 10.9 Å². The molecule has 0 heterocycles. The van der Waals surface area contributed by atoms with E-state index in [9.17, 15) is 9.59 Å². The molecule has 148 valence electrons. The SMILES string of the molecule is Cc1cccc(O[C@H](C)C(=O)NNC(=O)COc2ccc3c(c2)CCC3)c1C. The van der Waals surface area contributed by atoms with Gasteiger partial charge in [-0.3, -0.25) is 20.4 Å². The molecule has 28 heavy (non-hydrogen) atoms. The molecule has 2 aromatic carbocycles. The molecule has 1 atom stereocenters. The molecule has 6 heteroatoms. The minimum absolute atomic E-state index is 0.175. The van der Waals surface area contributed by atoms with Crippen molar-refractivity contribution in [2.75, 3.05) is 6.61 Å².